The lowest BCUT2D eigenvalue weighted by atomic mass is 9.68. The molecule has 1 aliphatic carbocycles. The Morgan fingerprint density at radius 3 is 1.55 bits per heavy atom. The number of nitrogens with zero attached hydrogens (tertiary/aromatic N) is 1. The van der Waals surface area contributed by atoms with Crippen LogP contribution in [0.4, 0.5) is 4.39 Å². The van der Waals surface area contributed by atoms with E-state index in [1.165, 1.54) is 17.0 Å². The molecule has 3 aromatic rings. The number of halogens is 1. The maximum atomic E-state index is 13.6. The van der Waals surface area contributed by atoms with E-state index in [2.05, 4.69) is 12.2 Å². The van der Waals surface area contributed by atoms with Crippen LogP contribution in [-0.4, -0.2) is 16.7 Å². The van der Waals surface area contributed by atoms with Crippen molar-refractivity contribution in [2.24, 2.45) is 11.8 Å². The Morgan fingerprint density at radius 2 is 1.10 bits per heavy atom. The summed E-state index contributed by atoms with van der Waals surface area (Å²) in [5.74, 6) is -1.86. The number of benzene rings is 3. The summed E-state index contributed by atoms with van der Waals surface area (Å²) in [6, 6.07) is 25.7. The number of amides is 2. The molecule has 0 spiro atoms. The largest absolute Gasteiger partial charge is 0.278 e. The van der Waals surface area contributed by atoms with Gasteiger partial charge in [0.15, 0.2) is 0 Å². The average molecular weight is 411 g/mol. The Hall–Kier alpha value is -3.53. The normalized spacial score (nSPS) is 25.0. The van der Waals surface area contributed by atoms with E-state index < -0.39 is 11.8 Å². The zero-order valence-corrected chi connectivity index (χ0v) is 16.9. The summed E-state index contributed by atoms with van der Waals surface area (Å²) in [4.78, 5) is 28.5. The van der Waals surface area contributed by atoms with Gasteiger partial charge in [0.25, 0.3) is 0 Å². The van der Waals surface area contributed by atoms with Crippen molar-refractivity contribution in [2.75, 3.05) is 0 Å². The first-order chi connectivity index (χ1) is 15.1. The van der Waals surface area contributed by atoms with Crippen molar-refractivity contribution in [1.29, 1.82) is 0 Å². The quantitative estimate of drug-likeness (QED) is 0.444. The standard InChI is InChI=1S/C27H22FNO2/c28-21-13-11-18(12-14-21)17-29-26(30)24-22(19-7-3-1-4-8-19)15-16-23(25(24)27(29)31)20-9-5-2-6-10-20/h1-16,22-25H,17H2/t22-,23+,24-,25+. The second-order valence-corrected chi connectivity index (χ2v) is 8.20. The topological polar surface area (TPSA) is 37.4 Å². The van der Waals surface area contributed by atoms with Gasteiger partial charge in [-0.25, -0.2) is 4.39 Å². The van der Waals surface area contributed by atoms with Crippen molar-refractivity contribution in [3.05, 3.63) is 120 Å². The fourth-order valence-electron chi connectivity index (χ4n) is 4.92. The van der Waals surface area contributed by atoms with Gasteiger partial charge >= 0.3 is 0 Å². The van der Waals surface area contributed by atoms with E-state index in [1.807, 2.05) is 60.7 Å². The van der Waals surface area contributed by atoms with E-state index in [0.29, 0.717) is 0 Å². The summed E-state index contributed by atoms with van der Waals surface area (Å²) in [6.07, 6.45) is 4.17. The van der Waals surface area contributed by atoms with Crippen molar-refractivity contribution in [3.63, 3.8) is 0 Å². The van der Waals surface area contributed by atoms with Crippen LogP contribution >= 0.6 is 0 Å². The maximum absolute atomic E-state index is 13.6. The summed E-state index contributed by atoms with van der Waals surface area (Å²) in [7, 11) is 0. The first kappa shape index (κ1) is 19.4. The zero-order valence-electron chi connectivity index (χ0n) is 16.9. The van der Waals surface area contributed by atoms with Crippen LogP contribution < -0.4 is 0 Å². The maximum Gasteiger partial charge on any atom is 0.234 e. The van der Waals surface area contributed by atoms with Gasteiger partial charge in [-0.2, -0.15) is 0 Å². The van der Waals surface area contributed by atoms with Crippen LogP contribution in [0.25, 0.3) is 0 Å². The van der Waals surface area contributed by atoms with Crippen molar-refractivity contribution in [1.82, 2.24) is 4.90 Å². The average Bonchev–Trinajstić information content (AvgIpc) is 3.06. The van der Waals surface area contributed by atoms with Gasteiger partial charge < -0.3 is 0 Å². The van der Waals surface area contributed by atoms with E-state index in [-0.39, 0.29) is 36.0 Å². The van der Waals surface area contributed by atoms with E-state index >= 15 is 0 Å². The minimum Gasteiger partial charge on any atom is -0.278 e. The van der Waals surface area contributed by atoms with E-state index in [0.717, 1.165) is 16.7 Å². The molecule has 1 saturated heterocycles. The minimum absolute atomic E-state index is 0.152. The number of fused-ring (bicyclic) bond motifs is 1. The molecule has 2 aliphatic rings. The van der Waals surface area contributed by atoms with Gasteiger partial charge in [-0.1, -0.05) is 84.9 Å². The van der Waals surface area contributed by atoms with E-state index in [4.69, 9.17) is 0 Å². The monoisotopic (exact) mass is 411 g/mol. The number of allylic oxidation sites excluding steroid dienone is 2. The minimum atomic E-state index is -0.453. The van der Waals surface area contributed by atoms with E-state index in [9.17, 15) is 14.0 Å². The fourth-order valence-corrected chi connectivity index (χ4v) is 4.92. The molecular formula is C27H22FNO2. The lowest BCUT2D eigenvalue weighted by Crippen LogP contribution is -2.31. The van der Waals surface area contributed by atoms with Crippen LogP contribution in [0.15, 0.2) is 97.1 Å². The van der Waals surface area contributed by atoms with Crippen molar-refractivity contribution >= 4 is 11.8 Å². The summed E-state index contributed by atoms with van der Waals surface area (Å²) in [5, 5.41) is 0. The Morgan fingerprint density at radius 1 is 0.645 bits per heavy atom. The fraction of sp³-hybridized carbons (Fsp3) is 0.185. The van der Waals surface area contributed by atoms with Crippen LogP contribution in [-0.2, 0) is 16.1 Å². The molecular weight excluding hydrogens is 389 g/mol. The molecule has 4 atom stereocenters. The third-order valence-electron chi connectivity index (χ3n) is 6.41. The summed E-state index contributed by atoms with van der Waals surface area (Å²) in [6.45, 7) is 0.161. The van der Waals surface area contributed by atoms with Crippen molar-refractivity contribution < 1.29 is 14.0 Å². The molecule has 0 unspecified atom stereocenters. The Kier molecular flexibility index (Phi) is 4.99. The molecule has 0 N–H and O–H groups in total. The summed E-state index contributed by atoms with van der Waals surface area (Å²) < 4.78 is 13.3. The highest BCUT2D eigenvalue weighted by atomic mass is 19.1. The third-order valence-corrected chi connectivity index (χ3v) is 6.41. The van der Waals surface area contributed by atoms with Gasteiger partial charge in [0, 0.05) is 11.8 Å². The molecule has 5 rings (SSSR count). The van der Waals surface area contributed by atoms with Crippen molar-refractivity contribution in [3.8, 4) is 0 Å². The zero-order chi connectivity index (χ0) is 21.4. The lowest BCUT2D eigenvalue weighted by Gasteiger charge is -2.32. The lowest BCUT2D eigenvalue weighted by molar-refractivity contribution is -0.140. The SMILES string of the molecule is O=C1[C@@H]2[C@H](C(=O)N1Cc1ccc(F)cc1)[C@@H](c1ccccc1)C=C[C@H]2c1ccccc1. The molecule has 31 heavy (non-hydrogen) atoms. The summed E-state index contributed by atoms with van der Waals surface area (Å²) >= 11 is 0. The van der Waals surface area contributed by atoms with Crippen LogP contribution in [0.2, 0.25) is 0 Å². The Balaban J connectivity index is 1.55. The highest BCUT2D eigenvalue weighted by Crippen LogP contribution is 2.49. The molecule has 4 heteroatoms. The van der Waals surface area contributed by atoms with Crippen LogP contribution in [0, 0.1) is 17.7 Å². The Bertz CT molecular complexity index is 1060. The number of hydrogen-bond acceptors (Lipinski definition) is 2. The predicted molar refractivity (Wildman–Crippen MR) is 116 cm³/mol. The van der Waals surface area contributed by atoms with Crippen molar-refractivity contribution in [2.45, 2.75) is 18.4 Å². The molecule has 1 fully saturated rings. The molecule has 0 radical (unpaired) electrons. The van der Waals surface area contributed by atoms with Gasteiger partial charge in [0.1, 0.15) is 5.82 Å². The molecule has 154 valence electrons. The molecule has 2 amide bonds. The van der Waals surface area contributed by atoms with Gasteiger partial charge in [0.2, 0.25) is 11.8 Å². The molecule has 3 aromatic carbocycles. The number of carbonyl (C=O) groups excluding carboxylic acids is 2. The van der Waals surface area contributed by atoms with E-state index in [1.54, 1.807) is 12.1 Å². The number of imide groups is 1. The molecule has 1 aliphatic heterocycles. The second-order valence-electron chi connectivity index (χ2n) is 8.20. The number of likely N-dealkylation sites (tertiary alicyclic amines) is 1. The molecule has 0 saturated carbocycles. The van der Waals surface area contributed by atoms with Gasteiger partial charge in [-0.15, -0.1) is 0 Å². The van der Waals surface area contributed by atoms with Gasteiger partial charge in [0.05, 0.1) is 18.4 Å². The van der Waals surface area contributed by atoms with Crippen LogP contribution in [0.1, 0.15) is 28.5 Å². The van der Waals surface area contributed by atoms with Gasteiger partial charge in [-0.05, 0) is 28.8 Å². The molecule has 1 heterocycles. The first-order valence-electron chi connectivity index (χ1n) is 10.5. The number of rotatable bonds is 4. The first-order valence-corrected chi connectivity index (χ1v) is 10.5. The second kappa shape index (κ2) is 7.95. The predicted octanol–water partition coefficient (Wildman–Crippen LogP) is 5.06. The highest BCUT2D eigenvalue weighted by molar-refractivity contribution is 6.06. The molecule has 3 nitrogen and oxygen atoms in total. The molecule has 0 aromatic heterocycles. The Labute approximate surface area is 180 Å². The van der Waals surface area contributed by atoms with Crippen LogP contribution in [0.5, 0.6) is 0 Å². The van der Waals surface area contributed by atoms with Gasteiger partial charge in [-0.3, -0.25) is 14.5 Å². The summed E-state index contributed by atoms with van der Waals surface area (Å²) in [5.41, 5.74) is 2.80. The smallest absolute Gasteiger partial charge is 0.234 e. The third kappa shape index (κ3) is 3.48. The highest BCUT2D eigenvalue weighted by Gasteiger charge is 2.54. The number of hydrogen-bond donors (Lipinski definition) is 0. The number of carbonyl (C=O) groups is 2. The molecule has 0 bridgehead atoms. The van der Waals surface area contributed by atoms with Crippen LogP contribution in [0.3, 0.4) is 0 Å².